The zero-order valence-electron chi connectivity index (χ0n) is 15.4. The lowest BCUT2D eigenvalue weighted by molar-refractivity contribution is -0.119. The Morgan fingerprint density at radius 3 is 2.54 bits per heavy atom. The summed E-state index contributed by atoms with van der Waals surface area (Å²) < 4.78 is 10.5. The normalized spacial score (nSPS) is 10.1. The Labute approximate surface area is 174 Å². The van der Waals surface area contributed by atoms with Crippen molar-refractivity contribution >= 4 is 46.5 Å². The van der Waals surface area contributed by atoms with Crippen molar-refractivity contribution in [1.82, 2.24) is 5.32 Å². The number of hydrogen-bond donors (Lipinski definition) is 2. The van der Waals surface area contributed by atoms with Crippen molar-refractivity contribution in [3.63, 3.8) is 0 Å². The number of hydrogen-bond acceptors (Lipinski definition) is 5. The van der Waals surface area contributed by atoms with Gasteiger partial charge in [0.1, 0.15) is 5.75 Å². The predicted molar refractivity (Wildman–Crippen MR) is 113 cm³/mol. The van der Waals surface area contributed by atoms with Crippen LogP contribution in [0.4, 0.5) is 5.69 Å². The van der Waals surface area contributed by atoms with E-state index in [1.54, 1.807) is 55.5 Å². The third-order valence-corrected chi connectivity index (χ3v) is 4.01. The van der Waals surface area contributed by atoms with Crippen molar-refractivity contribution in [2.45, 2.75) is 19.8 Å². The molecule has 0 saturated heterocycles. The number of para-hydroxylation sites is 1. The molecule has 0 aromatic heterocycles. The summed E-state index contributed by atoms with van der Waals surface area (Å²) in [6.07, 6.45) is 0.769. The summed E-state index contributed by atoms with van der Waals surface area (Å²) in [5.41, 5.74) is 0.814. The Balaban J connectivity index is 1.76. The zero-order valence-corrected chi connectivity index (χ0v) is 16.9. The van der Waals surface area contributed by atoms with Gasteiger partial charge < -0.3 is 20.1 Å². The minimum atomic E-state index is -0.459. The number of anilines is 1. The van der Waals surface area contributed by atoms with Crippen LogP contribution in [0.2, 0.25) is 5.02 Å². The number of rotatable bonds is 8. The van der Waals surface area contributed by atoms with E-state index in [1.807, 2.05) is 0 Å². The standard InChI is InChI=1S/C20H21ClN2O4S/c1-2-26-19(25)16-6-3-4-7-17(16)22-20(28)23-18(24)8-5-13-27-15-11-9-14(21)10-12-15/h3-4,6-7,9-12H,2,5,8,13H2,1H3,(H2,22,23,24,28). The van der Waals surface area contributed by atoms with E-state index in [9.17, 15) is 9.59 Å². The fraction of sp³-hybridized carbons (Fsp3) is 0.250. The Bertz CT molecular complexity index is 827. The first kappa shape index (κ1) is 21.7. The van der Waals surface area contributed by atoms with Gasteiger partial charge in [0, 0.05) is 11.4 Å². The molecule has 0 bridgehead atoms. The molecule has 148 valence electrons. The van der Waals surface area contributed by atoms with E-state index in [1.165, 1.54) is 0 Å². The molecule has 8 heteroatoms. The molecule has 1 amide bonds. The molecule has 0 aliphatic rings. The Kier molecular flexibility index (Phi) is 8.71. The monoisotopic (exact) mass is 420 g/mol. The van der Waals surface area contributed by atoms with Crippen molar-refractivity contribution in [2.24, 2.45) is 0 Å². The molecule has 6 nitrogen and oxygen atoms in total. The van der Waals surface area contributed by atoms with Crippen molar-refractivity contribution < 1.29 is 19.1 Å². The lowest BCUT2D eigenvalue weighted by Gasteiger charge is -2.13. The van der Waals surface area contributed by atoms with Gasteiger partial charge in [0.15, 0.2) is 5.11 Å². The molecule has 2 N–H and O–H groups in total. The number of carbonyl (C=O) groups excluding carboxylic acids is 2. The van der Waals surface area contributed by atoms with Crippen molar-refractivity contribution in [3.05, 3.63) is 59.1 Å². The molecule has 0 aliphatic carbocycles. The van der Waals surface area contributed by atoms with Crippen molar-refractivity contribution in [3.8, 4) is 5.75 Å². The molecule has 0 aliphatic heterocycles. The van der Waals surface area contributed by atoms with Crippen LogP contribution in [0.15, 0.2) is 48.5 Å². The molecular weight excluding hydrogens is 400 g/mol. The first-order valence-electron chi connectivity index (χ1n) is 8.75. The molecular formula is C20H21ClN2O4S. The summed E-state index contributed by atoms with van der Waals surface area (Å²) in [5.74, 6) is -0.0116. The number of thiocarbonyl (C=S) groups is 1. The lowest BCUT2D eigenvalue weighted by Crippen LogP contribution is -2.34. The zero-order chi connectivity index (χ0) is 20.4. The van der Waals surface area contributed by atoms with Crippen molar-refractivity contribution in [1.29, 1.82) is 0 Å². The van der Waals surface area contributed by atoms with Gasteiger partial charge >= 0.3 is 5.97 Å². The Hall–Kier alpha value is -2.64. The molecule has 0 radical (unpaired) electrons. The SMILES string of the molecule is CCOC(=O)c1ccccc1NC(=S)NC(=O)CCCOc1ccc(Cl)cc1. The number of nitrogens with one attached hydrogen (secondary N) is 2. The highest BCUT2D eigenvalue weighted by Crippen LogP contribution is 2.17. The topological polar surface area (TPSA) is 76.7 Å². The van der Waals surface area contributed by atoms with E-state index >= 15 is 0 Å². The number of benzene rings is 2. The van der Waals surface area contributed by atoms with Crippen molar-refractivity contribution in [2.75, 3.05) is 18.5 Å². The maximum atomic E-state index is 12.0. The number of carbonyl (C=O) groups is 2. The minimum Gasteiger partial charge on any atom is -0.494 e. The maximum absolute atomic E-state index is 12.0. The smallest absolute Gasteiger partial charge is 0.340 e. The summed E-state index contributed by atoms with van der Waals surface area (Å²) in [5, 5.41) is 6.19. The second-order valence-corrected chi connectivity index (χ2v) is 6.52. The largest absolute Gasteiger partial charge is 0.494 e. The van der Waals surface area contributed by atoms with Crippen LogP contribution in [0.25, 0.3) is 0 Å². The third kappa shape index (κ3) is 7.17. The number of halogens is 1. The van der Waals surface area contributed by atoms with Gasteiger partial charge in [0.2, 0.25) is 5.91 Å². The molecule has 0 atom stereocenters. The highest BCUT2D eigenvalue weighted by atomic mass is 35.5. The Morgan fingerprint density at radius 2 is 1.82 bits per heavy atom. The van der Waals surface area contributed by atoms with E-state index in [-0.39, 0.29) is 24.0 Å². The van der Waals surface area contributed by atoms with Crippen LogP contribution in [0.5, 0.6) is 5.75 Å². The fourth-order valence-electron chi connectivity index (χ4n) is 2.28. The van der Waals surface area contributed by atoms with Crippen LogP contribution in [0, 0.1) is 0 Å². The molecule has 0 saturated carbocycles. The molecule has 28 heavy (non-hydrogen) atoms. The number of ether oxygens (including phenoxy) is 2. The van der Waals surface area contributed by atoms with E-state index in [2.05, 4.69) is 10.6 Å². The van der Waals surface area contributed by atoms with Crippen LogP contribution >= 0.6 is 23.8 Å². The van der Waals surface area contributed by atoms with Gasteiger partial charge in [-0.25, -0.2) is 4.79 Å². The quantitative estimate of drug-likeness (QED) is 0.379. The third-order valence-electron chi connectivity index (χ3n) is 3.55. The van der Waals surface area contributed by atoms with Crippen LogP contribution in [0.1, 0.15) is 30.1 Å². The van der Waals surface area contributed by atoms with Crippen LogP contribution < -0.4 is 15.4 Å². The van der Waals surface area contributed by atoms with Gasteiger partial charge in [-0.05, 0) is 62.0 Å². The van der Waals surface area contributed by atoms with Gasteiger partial charge in [-0.3, -0.25) is 4.79 Å². The summed E-state index contributed by atoms with van der Waals surface area (Å²) in [4.78, 5) is 24.0. The maximum Gasteiger partial charge on any atom is 0.340 e. The summed E-state index contributed by atoms with van der Waals surface area (Å²) in [6.45, 7) is 2.39. The second-order valence-electron chi connectivity index (χ2n) is 5.67. The van der Waals surface area contributed by atoms with Gasteiger partial charge in [-0.2, -0.15) is 0 Å². The van der Waals surface area contributed by atoms with Gasteiger partial charge in [0.25, 0.3) is 0 Å². The van der Waals surface area contributed by atoms with E-state index < -0.39 is 5.97 Å². The second kappa shape index (κ2) is 11.3. The highest BCUT2D eigenvalue weighted by molar-refractivity contribution is 7.80. The molecule has 0 unspecified atom stereocenters. The molecule has 2 aromatic rings. The molecule has 0 fully saturated rings. The Morgan fingerprint density at radius 1 is 1.11 bits per heavy atom. The molecule has 2 rings (SSSR count). The van der Waals surface area contributed by atoms with E-state index in [0.29, 0.717) is 35.1 Å². The van der Waals surface area contributed by atoms with Gasteiger partial charge in [-0.1, -0.05) is 23.7 Å². The predicted octanol–water partition coefficient (Wildman–Crippen LogP) is 4.19. The highest BCUT2D eigenvalue weighted by Gasteiger charge is 2.13. The van der Waals surface area contributed by atoms with Crippen LogP contribution in [0.3, 0.4) is 0 Å². The summed E-state index contributed by atoms with van der Waals surface area (Å²) in [6, 6.07) is 13.8. The van der Waals surface area contributed by atoms with E-state index in [0.717, 1.165) is 0 Å². The van der Waals surface area contributed by atoms with Gasteiger partial charge in [-0.15, -0.1) is 0 Å². The summed E-state index contributed by atoms with van der Waals surface area (Å²) >= 11 is 11.0. The molecule has 2 aromatic carbocycles. The van der Waals surface area contributed by atoms with Crippen LogP contribution in [-0.4, -0.2) is 30.2 Å². The molecule has 0 heterocycles. The first-order chi connectivity index (χ1) is 13.5. The molecule has 0 spiro atoms. The average Bonchev–Trinajstić information content (AvgIpc) is 2.67. The fourth-order valence-corrected chi connectivity index (χ4v) is 2.63. The van der Waals surface area contributed by atoms with Crippen LogP contribution in [-0.2, 0) is 9.53 Å². The van der Waals surface area contributed by atoms with E-state index in [4.69, 9.17) is 33.3 Å². The van der Waals surface area contributed by atoms with Gasteiger partial charge in [0.05, 0.1) is 24.5 Å². The average molecular weight is 421 g/mol. The summed E-state index contributed by atoms with van der Waals surface area (Å²) in [7, 11) is 0. The number of esters is 1. The number of amides is 1. The minimum absolute atomic E-state index is 0.111. The lowest BCUT2D eigenvalue weighted by atomic mass is 10.2. The first-order valence-corrected chi connectivity index (χ1v) is 9.53.